The lowest BCUT2D eigenvalue weighted by atomic mass is 9.85. The number of ketones is 3. The normalized spacial score (nSPS) is 18.9. The van der Waals surface area contributed by atoms with Gasteiger partial charge in [0.25, 0.3) is 0 Å². The van der Waals surface area contributed by atoms with Gasteiger partial charge in [0.2, 0.25) is 28.8 Å². The largest absolute Gasteiger partial charge is 0.504 e. The maximum absolute atomic E-state index is 11.5. The van der Waals surface area contributed by atoms with Gasteiger partial charge in [-0.2, -0.15) is 0 Å². The van der Waals surface area contributed by atoms with Crippen molar-refractivity contribution in [2.45, 2.75) is 6.10 Å². The van der Waals surface area contributed by atoms with Crippen molar-refractivity contribution >= 4 is 17.3 Å². The Bertz CT molecular complexity index is 615. The van der Waals surface area contributed by atoms with Crippen molar-refractivity contribution in [3.05, 3.63) is 11.1 Å². The van der Waals surface area contributed by atoms with Gasteiger partial charge in [-0.1, -0.05) is 0 Å². The smallest absolute Gasteiger partial charge is 0.239 e. The van der Waals surface area contributed by atoms with E-state index in [2.05, 4.69) is 0 Å². The summed E-state index contributed by atoms with van der Waals surface area (Å²) in [5, 5.41) is 46.4. The summed E-state index contributed by atoms with van der Waals surface area (Å²) in [5.74, 6) is -9.15. The number of hydrogen-bond acceptors (Lipinski definition) is 8. The van der Waals surface area contributed by atoms with Gasteiger partial charge in [0, 0.05) is 0 Å². The standard InChI is InChI=1S/C10H6O8/c11-3-1-2(5(13)9(17)7(3)15)6(14)10(18)8(16)4(1)12/h7,12,14-16,18H. The average Bonchev–Trinajstić information content (AvgIpc) is 2.35. The molecule has 94 valence electrons. The Labute approximate surface area is 98.3 Å². The Morgan fingerprint density at radius 1 is 0.667 bits per heavy atom. The van der Waals surface area contributed by atoms with E-state index in [-0.39, 0.29) is 0 Å². The molecule has 0 radical (unpaired) electrons. The lowest BCUT2D eigenvalue weighted by Crippen LogP contribution is -2.41. The van der Waals surface area contributed by atoms with E-state index in [1.807, 2.05) is 0 Å². The molecule has 2 rings (SSSR count). The van der Waals surface area contributed by atoms with Gasteiger partial charge < -0.3 is 25.5 Å². The molecule has 0 aliphatic heterocycles. The number of fused-ring (bicyclic) bond motifs is 1. The summed E-state index contributed by atoms with van der Waals surface area (Å²) in [5.41, 5.74) is -1.84. The Morgan fingerprint density at radius 3 is 1.61 bits per heavy atom. The molecular formula is C10H6O8. The zero-order valence-electron chi connectivity index (χ0n) is 8.54. The molecule has 18 heavy (non-hydrogen) atoms. The van der Waals surface area contributed by atoms with Gasteiger partial charge in [-0.15, -0.1) is 0 Å². The number of carbonyl (C=O) groups excluding carboxylic acids is 3. The molecule has 0 amide bonds. The van der Waals surface area contributed by atoms with Crippen molar-refractivity contribution in [2.75, 3.05) is 0 Å². The summed E-state index contributed by atoms with van der Waals surface area (Å²) in [6.07, 6.45) is -2.31. The average molecular weight is 254 g/mol. The SMILES string of the molecule is O=C1C(=O)C(O)C(=O)c2c(O)c(O)c(O)c(O)c21. The third kappa shape index (κ3) is 1.20. The predicted octanol–water partition coefficient (Wildman–Crippen LogP) is -1.18. The Kier molecular flexibility index (Phi) is 2.27. The van der Waals surface area contributed by atoms with Crippen molar-refractivity contribution in [3.63, 3.8) is 0 Å². The number of phenolic OH excluding ortho intramolecular Hbond substituents is 4. The van der Waals surface area contributed by atoms with Crippen molar-refractivity contribution in [2.24, 2.45) is 0 Å². The van der Waals surface area contributed by atoms with Crippen molar-refractivity contribution < 1.29 is 39.9 Å². The summed E-state index contributed by atoms with van der Waals surface area (Å²) < 4.78 is 0. The minimum atomic E-state index is -2.31. The van der Waals surface area contributed by atoms with E-state index in [4.69, 9.17) is 0 Å². The highest BCUT2D eigenvalue weighted by Gasteiger charge is 2.44. The number of Topliss-reactive ketones (excluding diaryl/α,β-unsaturated/α-hetero) is 3. The Morgan fingerprint density at radius 2 is 1.11 bits per heavy atom. The first-order valence-electron chi connectivity index (χ1n) is 4.59. The molecule has 0 bridgehead atoms. The van der Waals surface area contributed by atoms with Crippen LogP contribution in [0.3, 0.4) is 0 Å². The summed E-state index contributed by atoms with van der Waals surface area (Å²) >= 11 is 0. The number of benzene rings is 1. The van der Waals surface area contributed by atoms with Gasteiger partial charge in [0.05, 0.1) is 11.1 Å². The monoisotopic (exact) mass is 254 g/mol. The Balaban J connectivity index is 2.94. The molecule has 0 fully saturated rings. The van der Waals surface area contributed by atoms with E-state index in [0.29, 0.717) is 0 Å². The molecule has 1 unspecified atom stereocenters. The molecule has 8 nitrogen and oxygen atoms in total. The molecule has 0 aromatic heterocycles. The first-order chi connectivity index (χ1) is 8.29. The van der Waals surface area contributed by atoms with E-state index in [1.165, 1.54) is 0 Å². The third-order valence-corrected chi connectivity index (χ3v) is 2.59. The summed E-state index contributed by atoms with van der Waals surface area (Å²) in [7, 11) is 0. The van der Waals surface area contributed by atoms with Gasteiger partial charge in [-0.25, -0.2) is 0 Å². The van der Waals surface area contributed by atoms with Crippen LogP contribution in [0.15, 0.2) is 0 Å². The van der Waals surface area contributed by atoms with Gasteiger partial charge >= 0.3 is 0 Å². The zero-order chi connectivity index (χ0) is 13.8. The van der Waals surface area contributed by atoms with Gasteiger partial charge in [0.1, 0.15) is 0 Å². The van der Waals surface area contributed by atoms with E-state index < -0.39 is 57.6 Å². The fraction of sp³-hybridized carbons (Fsp3) is 0.100. The van der Waals surface area contributed by atoms with Gasteiger partial charge in [-0.05, 0) is 0 Å². The number of aliphatic hydroxyl groups is 1. The molecule has 1 aromatic rings. The van der Waals surface area contributed by atoms with E-state index >= 15 is 0 Å². The number of carbonyl (C=O) groups is 3. The minimum absolute atomic E-state index is 0.903. The summed E-state index contributed by atoms with van der Waals surface area (Å²) in [6, 6.07) is 0. The van der Waals surface area contributed by atoms with Crippen LogP contribution in [0.2, 0.25) is 0 Å². The van der Waals surface area contributed by atoms with Crippen LogP contribution >= 0.6 is 0 Å². The molecule has 8 heteroatoms. The van der Waals surface area contributed by atoms with Crippen molar-refractivity contribution in [3.8, 4) is 23.0 Å². The second-order valence-electron chi connectivity index (χ2n) is 3.60. The van der Waals surface area contributed by atoms with E-state index in [9.17, 15) is 39.9 Å². The molecule has 0 saturated carbocycles. The second-order valence-corrected chi connectivity index (χ2v) is 3.60. The predicted molar refractivity (Wildman–Crippen MR) is 52.8 cm³/mol. The quantitative estimate of drug-likeness (QED) is 0.168. The number of aliphatic hydroxyl groups excluding tert-OH is 1. The van der Waals surface area contributed by atoms with Gasteiger partial charge in [-0.3, -0.25) is 14.4 Å². The topological polar surface area (TPSA) is 152 Å². The van der Waals surface area contributed by atoms with Gasteiger partial charge in [0.15, 0.2) is 17.6 Å². The molecule has 1 aliphatic rings. The highest BCUT2D eigenvalue weighted by molar-refractivity contribution is 6.54. The summed E-state index contributed by atoms with van der Waals surface area (Å²) in [4.78, 5) is 34.2. The molecule has 0 spiro atoms. The second kappa shape index (κ2) is 3.44. The fourth-order valence-electron chi connectivity index (χ4n) is 1.66. The lowest BCUT2D eigenvalue weighted by Gasteiger charge is -2.20. The number of phenols is 4. The van der Waals surface area contributed by atoms with Crippen LogP contribution in [0.4, 0.5) is 0 Å². The maximum atomic E-state index is 11.5. The number of hydrogen-bond donors (Lipinski definition) is 5. The Hall–Kier alpha value is -2.61. The van der Waals surface area contributed by atoms with Crippen molar-refractivity contribution in [1.29, 1.82) is 0 Å². The van der Waals surface area contributed by atoms with Crippen LogP contribution in [0.1, 0.15) is 20.7 Å². The summed E-state index contributed by atoms with van der Waals surface area (Å²) in [6.45, 7) is 0. The zero-order valence-corrected chi connectivity index (χ0v) is 8.54. The highest BCUT2D eigenvalue weighted by Crippen LogP contribution is 2.48. The molecular weight excluding hydrogens is 248 g/mol. The lowest BCUT2D eigenvalue weighted by molar-refractivity contribution is -0.120. The molecule has 1 aromatic carbocycles. The van der Waals surface area contributed by atoms with Crippen LogP contribution in [-0.2, 0) is 4.79 Å². The van der Waals surface area contributed by atoms with Crippen LogP contribution < -0.4 is 0 Å². The van der Waals surface area contributed by atoms with Crippen LogP contribution in [-0.4, -0.2) is 49.0 Å². The van der Waals surface area contributed by atoms with Crippen LogP contribution in [0.25, 0.3) is 0 Å². The number of rotatable bonds is 0. The van der Waals surface area contributed by atoms with E-state index in [1.54, 1.807) is 0 Å². The van der Waals surface area contributed by atoms with Crippen LogP contribution in [0.5, 0.6) is 23.0 Å². The highest BCUT2D eigenvalue weighted by atomic mass is 16.3. The number of aromatic hydroxyl groups is 4. The molecule has 0 saturated heterocycles. The molecule has 0 heterocycles. The molecule has 1 aliphatic carbocycles. The maximum Gasteiger partial charge on any atom is 0.239 e. The molecule has 5 N–H and O–H groups in total. The first-order valence-corrected chi connectivity index (χ1v) is 4.59. The molecule has 1 atom stereocenters. The fourth-order valence-corrected chi connectivity index (χ4v) is 1.66. The first kappa shape index (κ1) is 11.9. The van der Waals surface area contributed by atoms with Crippen LogP contribution in [0, 0.1) is 0 Å². The van der Waals surface area contributed by atoms with E-state index in [0.717, 1.165) is 0 Å². The minimum Gasteiger partial charge on any atom is -0.504 e. The van der Waals surface area contributed by atoms with Crippen molar-refractivity contribution in [1.82, 2.24) is 0 Å². The third-order valence-electron chi connectivity index (χ3n) is 2.59.